The first kappa shape index (κ1) is 16.9. The molecule has 3 saturated carbocycles. The van der Waals surface area contributed by atoms with Gasteiger partial charge in [0.05, 0.1) is 6.20 Å². The number of anilines is 1. The lowest BCUT2D eigenvalue weighted by molar-refractivity contribution is -0.104. The van der Waals surface area contributed by atoms with Crippen LogP contribution < -0.4 is 10.9 Å². The molecule has 1 aliphatic heterocycles. The van der Waals surface area contributed by atoms with Gasteiger partial charge in [-0.1, -0.05) is 13.8 Å². The number of rotatable bonds is 3. The van der Waals surface area contributed by atoms with Crippen LogP contribution >= 0.6 is 0 Å². The highest BCUT2D eigenvalue weighted by molar-refractivity contribution is 5.54. The standard InChI is InChI=1S/C19H29N3O3/c1-18(2)12-7-8-19(3,14(18)10-12)21-13-11-20-22(17(24)16(13)23)15-6-4-5-9-25-15/h11-12,14-15,21,23H,4-10H2,1-3H3/t12-,14-,15?,19+/m0/s1. The molecule has 138 valence electrons. The van der Waals surface area contributed by atoms with E-state index in [0.717, 1.165) is 31.6 Å². The molecule has 1 unspecified atom stereocenters. The van der Waals surface area contributed by atoms with Crippen molar-refractivity contribution < 1.29 is 9.84 Å². The fourth-order valence-electron chi connectivity index (χ4n) is 5.36. The molecule has 0 amide bonds. The third-order valence-corrected chi connectivity index (χ3v) is 7.08. The van der Waals surface area contributed by atoms with Crippen molar-refractivity contribution in [1.82, 2.24) is 9.78 Å². The molecule has 4 fully saturated rings. The fraction of sp³-hybridized carbons (Fsp3) is 0.789. The Morgan fingerprint density at radius 3 is 2.76 bits per heavy atom. The third kappa shape index (κ3) is 2.57. The van der Waals surface area contributed by atoms with Crippen LogP contribution in [0.1, 0.15) is 65.5 Å². The van der Waals surface area contributed by atoms with Crippen LogP contribution in [-0.4, -0.2) is 27.0 Å². The van der Waals surface area contributed by atoms with Crippen LogP contribution in [0.4, 0.5) is 5.69 Å². The highest BCUT2D eigenvalue weighted by Gasteiger charge is 2.59. The van der Waals surface area contributed by atoms with Crippen LogP contribution in [0.2, 0.25) is 0 Å². The summed E-state index contributed by atoms with van der Waals surface area (Å²) in [6.45, 7) is 7.52. The maximum atomic E-state index is 12.6. The second kappa shape index (κ2) is 5.73. The zero-order valence-corrected chi connectivity index (χ0v) is 15.4. The molecule has 0 radical (unpaired) electrons. The van der Waals surface area contributed by atoms with Crippen LogP contribution in [0, 0.1) is 17.3 Å². The minimum absolute atomic E-state index is 0.114. The van der Waals surface area contributed by atoms with E-state index >= 15 is 0 Å². The summed E-state index contributed by atoms with van der Waals surface area (Å²) in [5.41, 5.74) is 0.175. The van der Waals surface area contributed by atoms with Gasteiger partial charge in [-0.2, -0.15) is 9.78 Å². The molecule has 2 N–H and O–H groups in total. The Hall–Kier alpha value is -1.56. The lowest BCUT2D eigenvalue weighted by Gasteiger charge is -2.64. The molecule has 0 spiro atoms. The van der Waals surface area contributed by atoms with E-state index in [9.17, 15) is 9.90 Å². The van der Waals surface area contributed by atoms with Gasteiger partial charge in [0.2, 0.25) is 5.75 Å². The van der Waals surface area contributed by atoms with E-state index in [1.807, 2.05) is 0 Å². The number of aromatic nitrogens is 2. The summed E-state index contributed by atoms with van der Waals surface area (Å²) < 4.78 is 6.91. The van der Waals surface area contributed by atoms with E-state index in [0.29, 0.717) is 23.6 Å². The Kier molecular flexibility index (Phi) is 3.87. The van der Waals surface area contributed by atoms with Gasteiger partial charge in [-0.3, -0.25) is 4.79 Å². The highest BCUT2D eigenvalue weighted by Crippen LogP contribution is 2.63. The Morgan fingerprint density at radius 1 is 1.32 bits per heavy atom. The first-order valence-corrected chi connectivity index (χ1v) is 9.53. The summed E-state index contributed by atoms with van der Waals surface area (Å²) in [5, 5.41) is 18.3. The molecule has 1 aromatic heterocycles. The molecule has 3 aliphatic carbocycles. The normalized spacial score (nSPS) is 36.5. The molecule has 4 aliphatic rings. The second-order valence-corrected chi connectivity index (χ2v) is 8.87. The lowest BCUT2D eigenvalue weighted by Crippen LogP contribution is -2.63. The zero-order valence-electron chi connectivity index (χ0n) is 15.4. The van der Waals surface area contributed by atoms with Gasteiger partial charge in [-0.25, -0.2) is 0 Å². The summed E-state index contributed by atoms with van der Waals surface area (Å²) in [6, 6.07) is 0. The van der Waals surface area contributed by atoms with Crippen molar-refractivity contribution in [2.75, 3.05) is 11.9 Å². The zero-order chi connectivity index (χ0) is 17.8. The van der Waals surface area contributed by atoms with Crippen LogP contribution in [0.5, 0.6) is 5.75 Å². The summed E-state index contributed by atoms with van der Waals surface area (Å²) in [4.78, 5) is 12.6. The minimum Gasteiger partial charge on any atom is -0.502 e. The van der Waals surface area contributed by atoms with Crippen molar-refractivity contribution in [1.29, 1.82) is 0 Å². The molecule has 4 atom stereocenters. The van der Waals surface area contributed by atoms with Crippen molar-refractivity contribution in [3.05, 3.63) is 16.6 Å². The molecule has 2 heterocycles. The van der Waals surface area contributed by atoms with E-state index in [1.54, 1.807) is 6.20 Å². The summed E-state index contributed by atoms with van der Waals surface area (Å²) in [7, 11) is 0. The Bertz CT molecular complexity index is 721. The Balaban J connectivity index is 1.59. The molecule has 6 nitrogen and oxygen atoms in total. The first-order valence-electron chi connectivity index (χ1n) is 9.53. The number of ether oxygens (including phenoxy) is 1. The van der Waals surface area contributed by atoms with E-state index < -0.39 is 5.56 Å². The lowest BCUT2D eigenvalue weighted by atomic mass is 9.43. The summed E-state index contributed by atoms with van der Waals surface area (Å²) >= 11 is 0. The quantitative estimate of drug-likeness (QED) is 0.877. The van der Waals surface area contributed by atoms with E-state index in [-0.39, 0.29) is 17.5 Å². The van der Waals surface area contributed by atoms with Gasteiger partial charge in [0.25, 0.3) is 0 Å². The molecular formula is C19H29N3O3. The van der Waals surface area contributed by atoms with Gasteiger partial charge < -0.3 is 15.2 Å². The average Bonchev–Trinajstić information content (AvgIpc) is 2.59. The number of nitrogens with one attached hydrogen (secondary N) is 1. The molecular weight excluding hydrogens is 318 g/mol. The Labute approximate surface area is 148 Å². The molecule has 1 saturated heterocycles. The van der Waals surface area contributed by atoms with Gasteiger partial charge >= 0.3 is 5.56 Å². The minimum atomic E-state index is -0.470. The number of aromatic hydroxyl groups is 1. The van der Waals surface area contributed by atoms with Crippen molar-refractivity contribution in [2.24, 2.45) is 17.3 Å². The average molecular weight is 347 g/mol. The van der Waals surface area contributed by atoms with E-state index in [4.69, 9.17) is 4.74 Å². The van der Waals surface area contributed by atoms with Gasteiger partial charge in [-0.05, 0) is 62.7 Å². The van der Waals surface area contributed by atoms with Gasteiger partial charge in [0.1, 0.15) is 5.69 Å². The predicted molar refractivity (Wildman–Crippen MR) is 95.6 cm³/mol. The van der Waals surface area contributed by atoms with Crippen LogP contribution in [0.15, 0.2) is 11.0 Å². The van der Waals surface area contributed by atoms with Crippen LogP contribution in [0.3, 0.4) is 0 Å². The van der Waals surface area contributed by atoms with Gasteiger partial charge in [0.15, 0.2) is 6.23 Å². The van der Waals surface area contributed by atoms with E-state index in [2.05, 4.69) is 31.2 Å². The summed E-state index contributed by atoms with van der Waals surface area (Å²) in [5.74, 6) is 1.10. The first-order chi connectivity index (χ1) is 11.8. The van der Waals surface area contributed by atoms with Crippen molar-refractivity contribution in [3.8, 4) is 5.75 Å². The molecule has 6 heteroatoms. The van der Waals surface area contributed by atoms with Crippen LogP contribution in [-0.2, 0) is 4.74 Å². The predicted octanol–water partition coefficient (Wildman–Crippen LogP) is 3.27. The maximum Gasteiger partial charge on any atom is 0.313 e. The fourth-order valence-corrected chi connectivity index (χ4v) is 5.36. The van der Waals surface area contributed by atoms with Crippen LogP contribution in [0.25, 0.3) is 0 Å². The number of hydrogen-bond donors (Lipinski definition) is 2. The molecule has 0 aromatic carbocycles. The summed E-state index contributed by atoms with van der Waals surface area (Å²) in [6.07, 6.45) is 7.46. The number of hydrogen-bond acceptors (Lipinski definition) is 5. The SMILES string of the molecule is CC1(C)[C@H]2CC[C@@](C)(Nc3cnn(C4CCCCO4)c(=O)c3O)[C@H]1C2. The monoisotopic (exact) mass is 347 g/mol. The largest absolute Gasteiger partial charge is 0.502 e. The Morgan fingerprint density at radius 2 is 2.12 bits per heavy atom. The number of nitrogens with zero attached hydrogens (tertiary/aromatic N) is 2. The number of fused-ring (bicyclic) bond motifs is 2. The smallest absolute Gasteiger partial charge is 0.313 e. The van der Waals surface area contributed by atoms with Crippen molar-refractivity contribution in [2.45, 2.75) is 71.1 Å². The molecule has 5 rings (SSSR count). The second-order valence-electron chi connectivity index (χ2n) is 8.87. The van der Waals surface area contributed by atoms with E-state index in [1.165, 1.54) is 17.5 Å². The molecule has 2 bridgehead atoms. The topological polar surface area (TPSA) is 76.4 Å². The van der Waals surface area contributed by atoms with Crippen molar-refractivity contribution >= 4 is 5.69 Å². The van der Waals surface area contributed by atoms with Gasteiger partial charge in [0, 0.05) is 12.1 Å². The van der Waals surface area contributed by atoms with Gasteiger partial charge in [-0.15, -0.1) is 0 Å². The molecule has 1 aromatic rings. The molecule has 25 heavy (non-hydrogen) atoms. The van der Waals surface area contributed by atoms with Crippen molar-refractivity contribution in [3.63, 3.8) is 0 Å². The third-order valence-electron chi connectivity index (χ3n) is 7.08. The maximum absolute atomic E-state index is 12.6. The highest BCUT2D eigenvalue weighted by atomic mass is 16.5.